The van der Waals surface area contributed by atoms with Gasteiger partial charge in [0.05, 0.1) is 18.3 Å². The number of fused-ring (bicyclic) bond motifs is 3. The number of amides is 1. The van der Waals surface area contributed by atoms with Crippen LogP contribution in [0.5, 0.6) is 5.88 Å². The van der Waals surface area contributed by atoms with Crippen LogP contribution in [0.15, 0.2) is 30.6 Å². The Morgan fingerprint density at radius 1 is 1.23 bits per heavy atom. The van der Waals surface area contributed by atoms with Crippen LogP contribution in [0.2, 0.25) is 0 Å². The van der Waals surface area contributed by atoms with Crippen molar-refractivity contribution in [2.24, 2.45) is 0 Å². The van der Waals surface area contributed by atoms with Crippen LogP contribution < -0.4 is 21.1 Å². The SMILES string of the molecule is COC[C@@H](C)N1CCc2cc(Nc3cc4cc(-c5cnc6c(c5C)NCCO6)c(F)c(N)c4cn3)nn2CC1=O. The number of carbonyl (C=O) groups excluding carboxylic acids is 1. The first-order chi connectivity index (χ1) is 19.3. The molecule has 1 aromatic carbocycles. The van der Waals surface area contributed by atoms with E-state index in [0.717, 1.165) is 16.9 Å². The first kappa shape index (κ1) is 25.8. The zero-order chi connectivity index (χ0) is 28.0. The summed E-state index contributed by atoms with van der Waals surface area (Å²) in [6, 6.07) is 5.48. The predicted molar refractivity (Wildman–Crippen MR) is 150 cm³/mol. The Balaban J connectivity index is 1.29. The molecule has 0 fully saturated rings. The number of hydrogen-bond donors (Lipinski definition) is 3. The number of nitrogens with one attached hydrogen (secondary N) is 2. The van der Waals surface area contributed by atoms with Crippen molar-refractivity contribution in [3.8, 4) is 17.0 Å². The summed E-state index contributed by atoms with van der Waals surface area (Å²) in [5, 5.41) is 12.3. The topological polar surface area (TPSA) is 132 Å². The Labute approximate surface area is 230 Å². The number of rotatable bonds is 6. The van der Waals surface area contributed by atoms with E-state index in [-0.39, 0.29) is 24.2 Å². The standard InChI is InChI=1S/C28H31FN8O3/c1-15(14-39-3)36-6-4-18-10-23(35-37(18)13-24(36)38)34-22-9-17-8-19(25(29)26(30)21(17)12-32-22)20-11-33-28-27(16(20)2)31-5-7-40-28/h8-12,15,31H,4-7,13-14,30H2,1-3H3,(H,32,34,35)/t15-/m1/s1. The molecule has 1 amide bonds. The molecule has 0 aliphatic carbocycles. The lowest BCUT2D eigenvalue weighted by atomic mass is 9.97. The zero-order valence-corrected chi connectivity index (χ0v) is 22.6. The predicted octanol–water partition coefficient (Wildman–Crippen LogP) is 3.49. The van der Waals surface area contributed by atoms with E-state index < -0.39 is 5.82 Å². The summed E-state index contributed by atoms with van der Waals surface area (Å²) in [5.74, 6) is 1.09. The van der Waals surface area contributed by atoms with Gasteiger partial charge in [0.1, 0.15) is 24.7 Å². The molecule has 12 heteroatoms. The van der Waals surface area contributed by atoms with E-state index in [9.17, 15) is 4.79 Å². The molecule has 0 unspecified atom stereocenters. The summed E-state index contributed by atoms with van der Waals surface area (Å²) < 4.78 is 28.1. The van der Waals surface area contributed by atoms with E-state index >= 15 is 4.39 Å². The third-order valence-electron chi connectivity index (χ3n) is 7.51. The van der Waals surface area contributed by atoms with Crippen molar-refractivity contribution in [2.45, 2.75) is 32.9 Å². The zero-order valence-electron chi connectivity index (χ0n) is 22.6. The maximum absolute atomic E-state index is 15.5. The first-order valence-corrected chi connectivity index (χ1v) is 13.2. The highest BCUT2D eigenvalue weighted by molar-refractivity contribution is 5.98. The summed E-state index contributed by atoms with van der Waals surface area (Å²) in [6.07, 6.45) is 3.83. The van der Waals surface area contributed by atoms with E-state index in [2.05, 4.69) is 25.7 Å². The molecule has 0 radical (unpaired) electrons. The van der Waals surface area contributed by atoms with Gasteiger partial charge in [-0.05, 0) is 36.9 Å². The summed E-state index contributed by atoms with van der Waals surface area (Å²) in [5.41, 5.74) is 9.78. The molecule has 0 saturated heterocycles. The van der Waals surface area contributed by atoms with Crippen molar-refractivity contribution < 1.29 is 18.7 Å². The second-order valence-electron chi connectivity index (χ2n) is 10.1. The molecule has 1 atom stereocenters. The molecule has 0 spiro atoms. The molecule has 11 nitrogen and oxygen atoms in total. The van der Waals surface area contributed by atoms with Crippen molar-refractivity contribution in [1.82, 2.24) is 24.6 Å². The van der Waals surface area contributed by atoms with E-state index in [0.29, 0.717) is 72.1 Å². The highest BCUT2D eigenvalue weighted by atomic mass is 19.1. The molecule has 6 rings (SSSR count). The third kappa shape index (κ3) is 4.53. The van der Waals surface area contributed by atoms with Crippen molar-refractivity contribution >= 4 is 39.7 Å². The van der Waals surface area contributed by atoms with Crippen LogP contribution in [0, 0.1) is 12.7 Å². The van der Waals surface area contributed by atoms with Gasteiger partial charge >= 0.3 is 0 Å². The first-order valence-electron chi connectivity index (χ1n) is 13.2. The lowest BCUT2D eigenvalue weighted by molar-refractivity contribution is -0.134. The Morgan fingerprint density at radius 2 is 2.08 bits per heavy atom. The van der Waals surface area contributed by atoms with Gasteiger partial charge in [0.15, 0.2) is 11.6 Å². The van der Waals surface area contributed by atoms with Gasteiger partial charge in [-0.25, -0.2) is 14.4 Å². The maximum atomic E-state index is 15.5. The summed E-state index contributed by atoms with van der Waals surface area (Å²) in [4.78, 5) is 23.5. The number of ether oxygens (including phenoxy) is 2. The average molecular weight is 547 g/mol. The van der Waals surface area contributed by atoms with Crippen LogP contribution in [-0.2, 0) is 22.5 Å². The second kappa shape index (κ2) is 10.3. The number of nitrogens with two attached hydrogens (primary N) is 1. The largest absolute Gasteiger partial charge is 0.474 e. The van der Waals surface area contributed by atoms with Crippen LogP contribution in [0.25, 0.3) is 21.9 Å². The smallest absolute Gasteiger partial charge is 0.244 e. The van der Waals surface area contributed by atoms with Gasteiger partial charge in [-0.3, -0.25) is 9.48 Å². The molecule has 2 aliphatic heterocycles. The normalized spacial score (nSPS) is 15.6. The molecule has 40 heavy (non-hydrogen) atoms. The number of benzene rings is 1. The van der Waals surface area contributed by atoms with Crippen molar-refractivity contribution in [3.05, 3.63) is 47.7 Å². The monoisotopic (exact) mass is 546 g/mol. The van der Waals surface area contributed by atoms with E-state index in [4.69, 9.17) is 15.2 Å². The Kier molecular flexibility index (Phi) is 6.62. The van der Waals surface area contributed by atoms with Crippen LogP contribution >= 0.6 is 0 Å². The summed E-state index contributed by atoms with van der Waals surface area (Å²) in [6.45, 7) is 6.30. The summed E-state index contributed by atoms with van der Waals surface area (Å²) in [7, 11) is 1.63. The Morgan fingerprint density at radius 3 is 2.90 bits per heavy atom. The molecule has 208 valence electrons. The molecule has 2 aliphatic rings. The molecular weight excluding hydrogens is 515 g/mol. The number of nitrogen functional groups attached to an aromatic ring is 1. The Bertz CT molecular complexity index is 1620. The van der Waals surface area contributed by atoms with Gasteiger partial charge < -0.3 is 30.7 Å². The molecule has 0 bridgehead atoms. The van der Waals surface area contributed by atoms with E-state index in [1.54, 1.807) is 36.3 Å². The maximum Gasteiger partial charge on any atom is 0.244 e. The minimum Gasteiger partial charge on any atom is -0.474 e. The van der Waals surface area contributed by atoms with Crippen LogP contribution in [0.1, 0.15) is 18.2 Å². The van der Waals surface area contributed by atoms with E-state index in [1.165, 1.54) is 0 Å². The number of methoxy groups -OCH3 is 1. The molecular formula is C28H31FN8O3. The third-order valence-corrected chi connectivity index (χ3v) is 7.51. The van der Waals surface area contributed by atoms with Gasteiger partial charge in [-0.1, -0.05) is 0 Å². The van der Waals surface area contributed by atoms with Crippen molar-refractivity contribution in [3.63, 3.8) is 0 Å². The van der Waals surface area contributed by atoms with Gasteiger partial charge in [0.2, 0.25) is 11.8 Å². The summed E-state index contributed by atoms with van der Waals surface area (Å²) >= 11 is 0. The number of carbonyl (C=O) groups is 1. The fraction of sp³-hybridized carbons (Fsp3) is 0.357. The number of halogens is 1. The average Bonchev–Trinajstić information content (AvgIpc) is 3.24. The minimum absolute atomic E-state index is 0.000495. The molecule has 5 heterocycles. The molecule has 4 aromatic rings. The second-order valence-corrected chi connectivity index (χ2v) is 10.1. The van der Waals surface area contributed by atoms with Gasteiger partial charge in [-0.15, -0.1) is 0 Å². The number of pyridine rings is 2. The number of aromatic nitrogens is 4. The molecule has 3 aromatic heterocycles. The Hall–Kier alpha value is -4.45. The van der Waals surface area contributed by atoms with Crippen molar-refractivity contribution in [2.75, 3.05) is 49.8 Å². The van der Waals surface area contributed by atoms with Crippen molar-refractivity contribution in [1.29, 1.82) is 0 Å². The quantitative estimate of drug-likeness (QED) is 0.311. The minimum atomic E-state index is -0.520. The lowest BCUT2D eigenvalue weighted by Crippen LogP contribution is -2.42. The fourth-order valence-electron chi connectivity index (χ4n) is 5.42. The highest BCUT2D eigenvalue weighted by Crippen LogP contribution is 2.39. The number of anilines is 4. The van der Waals surface area contributed by atoms with Gasteiger partial charge in [0, 0.05) is 67.3 Å². The van der Waals surface area contributed by atoms with Crippen LogP contribution in [-0.4, -0.2) is 70.0 Å². The fourth-order valence-corrected chi connectivity index (χ4v) is 5.42. The molecule has 4 N–H and O–H groups in total. The van der Waals surface area contributed by atoms with Crippen LogP contribution in [0.4, 0.5) is 27.4 Å². The molecule has 0 saturated carbocycles. The lowest BCUT2D eigenvalue weighted by Gasteiger charge is -2.27. The number of hydrogen-bond acceptors (Lipinski definition) is 9. The van der Waals surface area contributed by atoms with Gasteiger partial charge in [0.25, 0.3) is 0 Å². The van der Waals surface area contributed by atoms with Gasteiger partial charge in [-0.2, -0.15) is 5.10 Å². The van der Waals surface area contributed by atoms with Crippen LogP contribution in [0.3, 0.4) is 0 Å². The highest BCUT2D eigenvalue weighted by Gasteiger charge is 2.26. The number of nitrogens with zero attached hydrogens (tertiary/aromatic N) is 5. The van der Waals surface area contributed by atoms with E-state index in [1.807, 2.05) is 24.8 Å².